The fourth-order valence-electron chi connectivity index (χ4n) is 4.96. The maximum absolute atomic E-state index is 12.8. The third-order valence-electron chi connectivity index (χ3n) is 6.42. The Morgan fingerprint density at radius 1 is 1.07 bits per heavy atom. The van der Waals surface area contributed by atoms with E-state index in [0.717, 1.165) is 55.3 Å². The van der Waals surface area contributed by atoms with Crippen LogP contribution in [0.3, 0.4) is 0 Å². The smallest absolute Gasteiger partial charge is 0.332 e. The van der Waals surface area contributed by atoms with Crippen LogP contribution in [0.25, 0.3) is 0 Å². The van der Waals surface area contributed by atoms with E-state index in [1.54, 1.807) is 11.8 Å². The van der Waals surface area contributed by atoms with E-state index in [2.05, 4.69) is 16.1 Å². The number of carbonyl (C=O) groups excluding carboxylic acids is 2. The molecule has 159 valence electrons. The van der Waals surface area contributed by atoms with Gasteiger partial charge in [-0.2, -0.15) is 0 Å². The summed E-state index contributed by atoms with van der Waals surface area (Å²) in [7, 11) is -3.86. The average molecular weight is 459 g/mol. The molecule has 1 radical (unpaired) electrons. The van der Waals surface area contributed by atoms with Crippen molar-refractivity contribution in [1.82, 2.24) is 9.62 Å². The third kappa shape index (κ3) is 4.96. The first-order chi connectivity index (χ1) is 13.9. The quantitative estimate of drug-likeness (QED) is 0.676. The second kappa shape index (κ2) is 10.00. The molecule has 7 nitrogen and oxygen atoms in total. The maximum atomic E-state index is 12.8. The van der Waals surface area contributed by atoms with Crippen molar-refractivity contribution in [1.29, 1.82) is 0 Å². The Morgan fingerprint density at radius 2 is 1.70 bits per heavy atom. The Balaban J connectivity index is 0.00000256. The molecule has 3 aliphatic rings. The standard InChI is InChI=1S/C21H29N3O4S.K/c1-2-19(25)24-11-5-8-16(13-24)29(27,28)23-21(26)22-20-17-9-3-6-14(17)12-15-7-4-10-18(15)20;/h12,16H,2-11,13H2,1H3,(H2,22,23,26);. The zero-order valence-corrected chi connectivity index (χ0v) is 21.9. The minimum atomic E-state index is -3.86. The van der Waals surface area contributed by atoms with E-state index in [0.29, 0.717) is 25.8 Å². The normalized spacial score (nSPS) is 20.2. The molecule has 1 aromatic rings. The molecule has 4 rings (SSSR count). The largest absolute Gasteiger partial charge is 0.341 e. The van der Waals surface area contributed by atoms with E-state index < -0.39 is 21.3 Å². The van der Waals surface area contributed by atoms with Crippen LogP contribution >= 0.6 is 0 Å². The molecular formula is C21H29KN3O4S. The predicted octanol–water partition coefficient (Wildman–Crippen LogP) is 2.14. The molecule has 0 spiro atoms. The van der Waals surface area contributed by atoms with Crippen LogP contribution in [0.4, 0.5) is 10.5 Å². The van der Waals surface area contributed by atoms with E-state index in [1.165, 1.54) is 11.1 Å². The van der Waals surface area contributed by atoms with Gasteiger partial charge in [-0.05, 0) is 73.6 Å². The number of amides is 3. The van der Waals surface area contributed by atoms with Gasteiger partial charge in [0.15, 0.2) is 0 Å². The SMILES string of the molecule is CCC(=O)N1CCCC(S(=O)(=O)NC(=O)Nc2c3c(cc4c2CCC4)CCC3)C1.[K]. The van der Waals surface area contributed by atoms with Gasteiger partial charge >= 0.3 is 6.03 Å². The Bertz CT molecular complexity index is 916. The number of aryl methyl sites for hydroxylation is 2. The van der Waals surface area contributed by atoms with Crippen LogP contribution in [0.5, 0.6) is 0 Å². The molecule has 1 saturated heterocycles. The molecule has 1 atom stereocenters. The van der Waals surface area contributed by atoms with Crippen LogP contribution in [0.1, 0.15) is 61.3 Å². The fraction of sp³-hybridized carbons (Fsp3) is 0.619. The summed E-state index contributed by atoms with van der Waals surface area (Å²) in [6, 6.07) is 1.57. The second-order valence-electron chi connectivity index (χ2n) is 8.29. The second-order valence-corrected chi connectivity index (χ2v) is 10.3. The fourth-order valence-corrected chi connectivity index (χ4v) is 6.29. The molecule has 1 unspecified atom stereocenters. The zero-order valence-electron chi connectivity index (χ0n) is 17.9. The maximum Gasteiger partial charge on any atom is 0.332 e. The first kappa shape index (κ1) is 24.2. The van der Waals surface area contributed by atoms with Crippen molar-refractivity contribution in [3.05, 3.63) is 28.3 Å². The Morgan fingerprint density at radius 3 is 2.30 bits per heavy atom. The Kier molecular flexibility index (Phi) is 8.06. The van der Waals surface area contributed by atoms with Crippen molar-refractivity contribution in [3.63, 3.8) is 0 Å². The molecule has 1 heterocycles. The van der Waals surface area contributed by atoms with Crippen molar-refractivity contribution in [2.45, 2.75) is 70.0 Å². The van der Waals surface area contributed by atoms with E-state index >= 15 is 0 Å². The number of rotatable bonds is 4. The first-order valence-corrected chi connectivity index (χ1v) is 12.2. The predicted molar refractivity (Wildman–Crippen MR) is 117 cm³/mol. The van der Waals surface area contributed by atoms with E-state index in [1.807, 2.05) is 0 Å². The third-order valence-corrected chi connectivity index (χ3v) is 8.15. The van der Waals surface area contributed by atoms with Gasteiger partial charge in [0.2, 0.25) is 15.9 Å². The molecule has 1 aliphatic heterocycles. The summed E-state index contributed by atoms with van der Waals surface area (Å²) in [5.74, 6) is -0.0511. The van der Waals surface area contributed by atoms with Gasteiger partial charge in [0.05, 0.1) is 5.25 Å². The van der Waals surface area contributed by atoms with Crippen molar-refractivity contribution < 1.29 is 18.0 Å². The van der Waals surface area contributed by atoms with Crippen molar-refractivity contribution in [2.75, 3.05) is 18.4 Å². The van der Waals surface area contributed by atoms with Crippen molar-refractivity contribution in [2.24, 2.45) is 0 Å². The number of anilines is 1. The van der Waals surface area contributed by atoms with Crippen LogP contribution in [-0.4, -0.2) is 95.0 Å². The first-order valence-electron chi connectivity index (χ1n) is 10.7. The molecule has 3 amide bonds. The van der Waals surface area contributed by atoms with Crippen LogP contribution in [-0.2, 0) is 40.5 Å². The molecule has 0 bridgehead atoms. The van der Waals surface area contributed by atoms with E-state index in [9.17, 15) is 18.0 Å². The molecule has 9 heteroatoms. The van der Waals surface area contributed by atoms with Crippen molar-refractivity contribution >= 4 is 79.0 Å². The number of carbonyl (C=O) groups is 2. The number of urea groups is 1. The number of sulfonamides is 1. The number of hydrogen-bond donors (Lipinski definition) is 2. The number of fused-ring (bicyclic) bond motifs is 2. The van der Waals surface area contributed by atoms with Gasteiger partial charge in [-0.15, -0.1) is 0 Å². The van der Waals surface area contributed by atoms with Crippen LogP contribution in [0, 0.1) is 0 Å². The summed E-state index contributed by atoms with van der Waals surface area (Å²) in [5, 5.41) is 2.11. The van der Waals surface area contributed by atoms with Crippen LogP contribution in [0.2, 0.25) is 0 Å². The van der Waals surface area contributed by atoms with E-state index in [4.69, 9.17) is 0 Å². The molecule has 0 saturated carbocycles. The number of benzene rings is 1. The van der Waals surface area contributed by atoms with Gasteiger partial charge in [-0.25, -0.2) is 17.9 Å². The summed E-state index contributed by atoms with van der Waals surface area (Å²) >= 11 is 0. The topological polar surface area (TPSA) is 95.6 Å². The zero-order chi connectivity index (χ0) is 20.6. The van der Waals surface area contributed by atoms with Crippen LogP contribution in [0.15, 0.2) is 6.07 Å². The van der Waals surface area contributed by atoms with Gasteiger partial charge in [0.1, 0.15) is 0 Å². The summed E-state index contributed by atoms with van der Waals surface area (Å²) in [5.41, 5.74) is 5.72. The van der Waals surface area contributed by atoms with Gasteiger partial charge in [0.25, 0.3) is 0 Å². The summed E-state index contributed by atoms with van der Waals surface area (Å²) in [6.07, 6.45) is 7.42. The van der Waals surface area contributed by atoms with Gasteiger partial charge in [-0.3, -0.25) is 4.79 Å². The molecule has 0 aromatic heterocycles. The monoisotopic (exact) mass is 458 g/mol. The van der Waals surface area contributed by atoms with Crippen LogP contribution < -0.4 is 10.0 Å². The summed E-state index contributed by atoms with van der Waals surface area (Å²) in [4.78, 5) is 26.2. The molecule has 2 N–H and O–H groups in total. The molecular weight excluding hydrogens is 429 g/mol. The summed E-state index contributed by atoms with van der Waals surface area (Å²) in [6.45, 7) is 2.49. The molecule has 1 aromatic carbocycles. The number of hydrogen-bond acceptors (Lipinski definition) is 4. The molecule has 1 fully saturated rings. The van der Waals surface area contributed by atoms with Gasteiger partial charge in [0, 0.05) is 76.6 Å². The average Bonchev–Trinajstić information content (AvgIpc) is 3.36. The minimum absolute atomic E-state index is 0. The Hall–Kier alpha value is -0.454. The van der Waals surface area contributed by atoms with Gasteiger partial charge < -0.3 is 10.2 Å². The van der Waals surface area contributed by atoms with E-state index in [-0.39, 0.29) is 63.8 Å². The number of nitrogens with one attached hydrogen (secondary N) is 2. The Labute approximate surface area is 221 Å². The summed E-state index contributed by atoms with van der Waals surface area (Å²) < 4.78 is 27.8. The molecule has 2 aliphatic carbocycles. The van der Waals surface area contributed by atoms with Crippen molar-refractivity contribution in [3.8, 4) is 0 Å². The molecule has 30 heavy (non-hydrogen) atoms. The number of piperidine rings is 1. The van der Waals surface area contributed by atoms with Gasteiger partial charge in [-0.1, -0.05) is 13.0 Å². The number of nitrogens with zero attached hydrogens (tertiary/aromatic N) is 1. The minimum Gasteiger partial charge on any atom is -0.341 e. The number of likely N-dealkylation sites (tertiary alicyclic amines) is 1.